The van der Waals surface area contributed by atoms with Crippen molar-refractivity contribution in [2.45, 2.75) is 25.9 Å². The Balaban J connectivity index is 1.58. The molecule has 0 aliphatic heterocycles. The Hall–Kier alpha value is -1.95. The van der Waals surface area contributed by atoms with Crippen LogP contribution in [0.3, 0.4) is 0 Å². The smallest absolute Gasteiger partial charge is 0.309 e. The number of nitrogens with zero attached hydrogens (tertiary/aromatic N) is 1. The molecule has 1 heterocycles. The minimum absolute atomic E-state index is 0.0833. The summed E-state index contributed by atoms with van der Waals surface area (Å²) in [5.74, 6) is 0.139. The summed E-state index contributed by atoms with van der Waals surface area (Å²) < 4.78 is 25.1. The van der Waals surface area contributed by atoms with Gasteiger partial charge in [0.05, 0.1) is 18.7 Å². The molecule has 1 fully saturated rings. The molecule has 2 atom stereocenters. The van der Waals surface area contributed by atoms with Crippen LogP contribution in [0.1, 0.15) is 30.5 Å². The van der Waals surface area contributed by atoms with Crippen molar-refractivity contribution < 1.29 is 18.7 Å². The molecule has 24 heavy (non-hydrogen) atoms. The Labute approximate surface area is 148 Å². The molecule has 0 amide bonds. The van der Waals surface area contributed by atoms with E-state index in [4.69, 9.17) is 9.47 Å². The maximum absolute atomic E-state index is 13.7. The first-order valence-electron chi connectivity index (χ1n) is 7.77. The van der Waals surface area contributed by atoms with E-state index in [-0.39, 0.29) is 30.2 Å². The van der Waals surface area contributed by atoms with Crippen LogP contribution in [-0.4, -0.2) is 17.6 Å². The van der Waals surface area contributed by atoms with Crippen molar-refractivity contribution in [1.82, 2.24) is 4.98 Å². The number of aromatic nitrogens is 1. The molecule has 6 heteroatoms. The van der Waals surface area contributed by atoms with Gasteiger partial charge in [-0.25, -0.2) is 4.39 Å². The average Bonchev–Trinajstić information content (AvgIpc) is 3.37. The van der Waals surface area contributed by atoms with E-state index < -0.39 is 0 Å². The molecule has 0 bridgehead atoms. The molecule has 1 saturated carbocycles. The third kappa shape index (κ3) is 3.93. The van der Waals surface area contributed by atoms with Gasteiger partial charge in [0.1, 0.15) is 18.2 Å². The minimum Gasteiger partial charge on any atom is -0.487 e. The maximum Gasteiger partial charge on any atom is 0.309 e. The molecule has 0 spiro atoms. The van der Waals surface area contributed by atoms with E-state index in [1.807, 2.05) is 6.07 Å². The summed E-state index contributed by atoms with van der Waals surface area (Å²) >= 11 is 3.31. The summed E-state index contributed by atoms with van der Waals surface area (Å²) in [7, 11) is 0. The third-order valence-corrected chi connectivity index (χ3v) is 4.41. The van der Waals surface area contributed by atoms with Crippen molar-refractivity contribution in [3.05, 3.63) is 58.1 Å². The fourth-order valence-electron chi connectivity index (χ4n) is 2.54. The van der Waals surface area contributed by atoms with E-state index in [0.717, 1.165) is 16.6 Å². The van der Waals surface area contributed by atoms with Gasteiger partial charge in [0.15, 0.2) is 0 Å². The van der Waals surface area contributed by atoms with Crippen LogP contribution in [0, 0.1) is 11.7 Å². The van der Waals surface area contributed by atoms with Gasteiger partial charge in [-0.05, 0) is 43.7 Å². The quantitative estimate of drug-likeness (QED) is 0.689. The number of rotatable bonds is 6. The van der Waals surface area contributed by atoms with E-state index >= 15 is 0 Å². The predicted octanol–water partition coefficient (Wildman–Crippen LogP) is 4.23. The summed E-state index contributed by atoms with van der Waals surface area (Å²) in [6, 6.07) is 8.36. The van der Waals surface area contributed by atoms with Crippen LogP contribution in [0.25, 0.3) is 0 Å². The largest absolute Gasteiger partial charge is 0.487 e. The highest BCUT2D eigenvalue weighted by atomic mass is 79.9. The summed E-state index contributed by atoms with van der Waals surface area (Å²) in [6.45, 7) is 2.32. The van der Waals surface area contributed by atoms with Crippen molar-refractivity contribution in [3.63, 3.8) is 0 Å². The number of hydrogen-bond acceptors (Lipinski definition) is 4. The zero-order valence-corrected chi connectivity index (χ0v) is 14.8. The van der Waals surface area contributed by atoms with E-state index in [0.29, 0.717) is 17.9 Å². The second-order valence-corrected chi connectivity index (χ2v) is 6.56. The fraction of sp³-hybridized carbons (Fsp3) is 0.333. The molecule has 4 nitrogen and oxygen atoms in total. The van der Waals surface area contributed by atoms with Gasteiger partial charge in [0.25, 0.3) is 0 Å². The van der Waals surface area contributed by atoms with Crippen LogP contribution in [0.5, 0.6) is 5.75 Å². The van der Waals surface area contributed by atoms with Crippen LogP contribution in [0.2, 0.25) is 0 Å². The van der Waals surface area contributed by atoms with E-state index in [9.17, 15) is 9.18 Å². The molecule has 0 unspecified atom stereocenters. The first-order valence-corrected chi connectivity index (χ1v) is 8.57. The standard InChI is InChI=1S/C18H17BrFNO3/c1-2-23-18(22)15-8-14(15)17-6-4-13(9-21-17)24-10-11-7-12(19)3-5-16(11)20/h3-7,9,14-15H,2,8,10H2,1H3/t14-,15-/m0/s1. The predicted molar refractivity (Wildman–Crippen MR) is 90.2 cm³/mol. The van der Waals surface area contributed by atoms with Crippen molar-refractivity contribution in [3.8, 4) is 5.75 Å². The molecule has 2 aromatic rings. The third-order valence-electron chi connectivity index (χ3n) is 3.92. The summed E-state index contributed by atoms with van der Waals surface area (Å²) in [6.07, 6.45) is 2.38. The Morgan fingerprint density at radius 3 is 2.92 bits per heavy atom. The second kappa shape index (κ2) is 7.30. The van der Waals surface area contributed by atoms with Crippen LogP contribution in [0.4, 0.5) is 4.39 Å². The molecule has 0 saturated heterocycles. The molecule has 0 radical (unpaired) electrons. The topological polar surface area (TPSA) is 48.4 Å². The van der Waals surface area contributed by atoms with Crippen LogP contribution < -0.4 is 4.74 Å². The lowest BCUT2D eigenvalue weighted by atomic mass is 10.2. The lowest BCUT2D eigenvalue weighted by molar-refractivity contribution is -0.144. The van der Waals surface area contributed by atoms with Crippen LogP contribution >= 0.6 is 15.9 Å². The van der Waals surface area contributed by atoms with Gasteiger partial charge in [0, 0.05) is 21.6 Å². The Bertz CT molecular complexity index is 736. The molecular formula is C18H17BrFNO3. The molecular weight excluding hydrogens is 377 g/mol. The number of ether oxygens (including phenoxy) is 2. The molecule has 1 aliphatic rings. The highest BCUT2D eigenvalue weighted by Crippen LogP contribution is 2.47. The molecule has 1 aromatic heterocycles. The minimum atomic E-state index is -0.307. The van der Waals surface area contributed by atoms with Crippen LogP contribution in [-0.2, 0) is 16.1 Å². The molecule has 126 valence electrons. The van der Waals surface area contributed by atoms with Gasteiger partial charge >= 0.3 is 5.97 Å². The van der Waals surface area contributed by atoms with Crippen molar-refractivity contribution >= 4 is 21.9 Å². The second-order valence-electron chi connectivity index (χ2n) is 5.64. The Morgan fingerprint density at radius 2 is 2.21 bits per heavy atom. The summed E-state index contributed by atoms with van der Waals surface area (Å²) in [4.78, 5) is 16.0. The SMILES string of the molecule is CCOC(=O)[C@H]1C[C@@H]1c1ccc(OCc2cc(Br)ccc2F)cn1. The molecule has 1 aliphatic carbocycles. The monoisotopic (exact) mass is 393 g/mol. The summed E-state index contributed by atoms with van der Waals surface area (Å²) in [5, 5.41) is 0. The van der Waals surface area contributed by atoms with E-state index in [1.54, 1.807) is 31.3 Å². The molecule has 1 aromatic carbocycles. The number of hydrogen-bond donors (Lipinski definition) is 0. The Kier molecular flexibility index (Phi) is 5.14. The van der Waals surface area contributed by atoms with E-state index in [2.05, 4.69) is 20.9 Å². The number of carbonyl (C=O) groups is 1. The van der Waals surface area contributed by atoms with Gasteiger partial charge in [0.2, 0.25) is 0 Å². The maximum atomic E-state index is 13.7. The van der Waals surface area contributed by atoms with Gasteiger partial charge in [-0.1, -0.05) is 15.9 Å². The summed E-state index contributed by atoms with van der Waals surface area (Å²) in [5.41, 5.74) is 1.33. The molecule has 3 rings (SSSR count). The van der Waals surface area contributed by atoms with Crippen molar-refractivity contribution in [2.24, 2.45) is 5.92 Å². The van der Waals surface area contributed by atoms with Crippen molar-refractivity contribution in [1.29, 1.82) is 0 Å². The highest BCUT2D eigenvalue weighted by Gasteiger charge is 2.46. The highest BCUT2D eigenvalue weighted by molar-refractivity contribution is 9.10. The van der Waals surface area contributed by atoms with E-state index in [1.165, 1.54) is 6.07 Å². The van der Waals surface area contributed by atoms with Crippen molar-refractivity contribution in [2.75, 3.05) is 6.61 Å². The van der Waals surface area contributed by atoms with Gasteiger partial charge in [-0.2, -0.15) is 0 Å². The number of pyridine rings is 1. The van der Waals surface area contributed by atoms with Crippen LogP contribution in [0.15, 0.2) is 41.0 Å². The average molecular weight is 394 g/mol. The number of esters is 1. The normalized spacial score (nSPS) is 19.0. The molecule has 0 N–H and O–H groups in total. The first kappa shape index (κ1) is 16.9. The zero-order valence-electron chi connectivity index (χ0n) is 13.2. The first-order chi connectivity index (χ1) is 11.6. The van der Waals surface area contributed by atoms with Gasteiger partial charge in [-0.15, -0.1) is 0 Å². The number of halogens is 2. The lowest BCUT2D eigenvalue weighted by Crippen LogP contribution is -2.07. The lowest BCUT2D eigenvalue weighted by Gasteiger charge is -2.08. The number of benzene rings is 1. The zero-order chi connectivity index (χ0) is 17.1. The Morgan fingerprint density at radius 1 is 1.38 bits per heavy atom. The van der Waals surface area contributed by atoms with Gasteiger partial charge < -0.3 is 9.47 Å². The fourth-order valence-corrected chi connectivity index (χ4v) is 2.95. The number of carbonyl (C=O) groups excluding carboxylic acids is 1. The van der Waals surface area contributed by atoms with Gasteiger partial charge in [-0.3, -0.25) is 9.78 Å².